The van der Waals surface area contributed by atoms with E-state index in [2.05, 4.69) is 33.6 Å². The normalized spacial score (nSPS) is 25.2. The van der Waals surface area contributed by atoms with E-state index in [0.29, 0.717) is 5.41 Å². The van der Waals surface area contributed by atoms with Gasteiger partial charge in [-0.2, -0.15) is 0 Å². The van der Waals surface area contributed by atoms with Gasteiger partial charge in [0.1, 0.15) is 0 Å². The summed E-state index contributed by atoms with van der Waals surface area (Å²) in [7, 11) is 0. The largest absolute Gasteiger partial charge is 0.338 e. The lowest BCUT2D eigenvalue weighted by Gasteiger charge is -2.49. The first-order valence-corrected chi connectivity index (χ1v) is 7.56. The molecule has 1 aromatic rings. The Hall–Kier alpha value is -1.20. The van der Waals surface area contributed by atoms with E-state index >= 15 is 0 Å². The van der Waals surface area contributed by atoms with Crippen LogP contribution in [0.15, 0.2) is 18.5 Å². The van der Waals surface area contributed by atoms with Crippen molar-refractivity contribution in [3.05, 3.63) is 18.5 Å². The molecule has 1 aromatic heterocycles. The molecule has 0 aromatic carbocycles. The predicted octanol–water partition coefficient (Wildman–Crippen LogP) is 1.12. The molecule has 0 amide bonds. The van der Waals surface area contributed by atoms with Crippen LogP contribution in [0.25, 0.3) is 0 Å². The van der Waals surface area contributed by atoms with Crippen LogP contribution in [0.5, 0.6) is 0 Å². The van der Waals surface area contributed by atoms with Gasteiger partial charge < -0.3 is 10.6 Å². The number of hydrogen-bond donors (Lipinski definition) is 1. The molecule has 1 saturated carbocycles. The van der Waals surface area contributed by atoms with E-state index in [1.807, 2.05) is 18.5 Å². The molecule has 0 spiro atoms. The van der Waals surface area contributed by atoms with Gasteiger partial charge >= 0.3 is 0 Å². The van der Waals surface area contributed by atoms with Crippen LogP contribution in [0.1, 0.15) is 26.7 Å². The van der Waals surface area contributed by atoms with Crippen molar-refractivity contribution in [1.29, 1.82) is 0 Å². The summed E-state index contributed by atoms with van der Waals surface area (Å²) in [5.41, 5.74) is 6.68. The van der Waals surface area contributed by atoms with Gasteiger partial charge in [0.25, 0.3) is 0 Å². The van der Waals surface area contributed by atoms with Gasteiger partial charge in [-0.05, 0) is 31.2 Å². The number of aromatic nitrogens is 2. The Labute approximate surface area is 121 Å². The molecular weight excluding hydrogens is 250 g/mol. The molecule has 2 fully saturated rings. The minimum absolute atomic E-state index is 0.136. The van der Waals surface area contributed by atoms with Gasteiger partial charge in [-0.25, -0.2) is 9.97 Å². The second-order valence-corrected chi connectivity index (χ2v) is 6.56. The Kier molecular flexibility index (Phi) is 3.42. The molecule has 1 aliphatic carbocycles. The Morgan fingerprint density at radius 3 is 2.30 bits per heavy atom. The fourth-order valence-electron chi connectivity index (χ4n) is 3.34. The summed E-state index contributed by atoms with van der Waals surface area (Å²) >= 11 is 0. The lowest BCUT2D eigenvalue weighted by Crippen LogP contribution is -2.62. The summed E-state index contributed by atoms with van der Waals surface area (Å²) in [4.78, 5) is 13.5. The minimum atomic E-state index is 0.136. The van der Waals surface area contributed by atoms with Gasteiger partial charge in [0.15, 0.2) is 0 Å². The maximum absolute atomic E-state index is 6.13. The molecule has 0 bridgehead atoms. The van der Waals surface area contributed by atoms with Crippen molar-refractivity contribution in [2.75, 3.05) is 37.6 Å². The number of nitrogens with two attached hydrogens (primary N) is 1. The van der Waals surface area contributed by atoms with E-state index in [-0.39, 0.29) is 5.54 Å². The van der Waals surface area contributed by atoms with Crippen LogP contribution in [-0.4, -0.2) is 53.1 Å². The van der Waals surface area contributed by atoms with Crippen LogP contribution in [-0.2, 0) is 0 Å². The van der Waals surface area contributed by atoms with E-state index in [4.69, 9.17) is 5.73 Å². The molecule has 0 radical (unpaired) electrons. The monoisotopic (exact) mass is 275 g/mol. The third-order valence-electron chi connectivity index (χ3n) is 5.51. The maximum atomic E-state index is 6.13. The number of rotatable bonds is 4. The Morgan fingerprint density at radius 2 is 1.80 bits per heavy atom. The highest BCUT2D eigenvalue weighted by molar-refractivity contribution is 5.29. The number of piperazine rings is 1. The average Bonchev–Trinajstić information content (AvgIpc) is 3.27. The molecule has 5 heteroatoms. The van der Waals surface area contributed by atoms with Gasteiger partial charge in [-0.1, -0.05) is 6.92 Å². The van der Waals surface area contributed by atoms with Crippen molar-refractivity contribution in [1.82, 2.24) is 14.9 Å². The smallest absolute Gasteiger partial charge is 0.225 e. The van der Waals surface area contributed by atoms with Gasteiger partial charge in [-0.3, -0.25) is 4.90 Å². The van der Waals surface area contributed by atoms with Crippen LogP contribution in [0.4, 0.5) is 5.95 Å². The van der Waals surface area contributed by atoms with Crippen molar-refractivity contribution in [3.63, 3.8) is 0 Å². The summed E-state index contributed by atoms with van der Waals surface area (Å²) in [5, 5.41) is 0. The molecule has 2 N–H and O–H groups in total. The first-order chi connectivity index (χ1) is 9.59. The van der Waals surface area contributed by atoms with E-state index in [1.165, 1.54) is 12.8 Å². The topological polar surface area (TPSA) is 58.3 Å². The van der Waals surface area contributed by atoms with Gasteiger partial charge in [0.05, 0.1) is 0 Å². The molecule has 2 heterocycles. The number of nitrogens with zero attached hydrogens (tertiary/aromatic N) is 4. The van der Waals surface area contributed by atoms with Crippen LogP contribution in [0.3, 0.4) is 0 Å². The third-order valence-corrected chi connectivity index (χ3v) is 5.51. The average molecular weight is 275 g/mol. The Morgan fingerprint density at radius 1 is 1.20 bits per heavy atom. The maximum Gasteiger partial charge on any atom is 0.225 e. The van der Waals surface area contributed by atoms with E-state index in [9.17, 15) is 0 Å². The fraction of sp³-hybridized carbons (Fsp3) is 0.733. The van der Waals surface area contributed by atoms with E-state index < -0.39 is 0 Å². The van der Waals surface area contributed by atoms with Crippen LogP contribution in [0.2, 0.25) is 0 Å². The molecular formula is C15H25N5. The fourth-order valence-corrected chi connectivity index (χ4v) is 3.34. The van der Waals surface area contributed by atoms with Crippen molar-refractivity contribution in [2.24, 2.45) is 11.1 Å². The number of anilines is 1. The molecule has 2 aliphatic rings. The van der Waals surface area contributed by atoms with E-state index in [1.54, 1.807) is 0 Å². The Balaban J connectivity index is 1.66. The van der Waals surface area contributed by atoms with Crippen LogP contribution < -0.4 is 10.6 Å². The van der Waals surface area contributed by atoms with E-state index in [0.717, 1.165) is 38.7 Å². The lowest BCUT2D eigenvalue weighted by atomic mass is 9.81. The van der Waals surface area contributed by atoms with Gasteiger partial charge in [-0.15, -0.1) is 0 Å². The first-order valence-electron chi connectivity index (χ1n) is 7.56. The van der Waals surface area contributed by atoms with Crippen molar-refractivity contribution >= 4 is 5.95 Å². The second-order valence-electron chi connectivity index (χ2n) is 6.56. The number of hydrogen-bond acceptors (Lipinski definition) is 5. The Bertz CT molecular complexity index is 451. The SMILES string of the molecule is CC1(C(C)(CN)N2CCN(c3ncccn3)CC2)CC1. The minimum Gasteiger partial charge on any atom is -0.338 e. The van der Waals surface area contributed by atoms with Crippen molar-refractivity contribution in [3.8, 4) is 0 Å². The first kappa shape index (κ1) is 13.8. The van der Waals surface area contributed by atoms with Crippen LogP contribution in [0, 0.1) is 5.41 Å². The lowest BCUT2D eigenvalue weighted by molar-refractivity contribution is 0.0423. The molecule has 20 heavy (non-hydrogen) atoms. The highest BCUT2D eigenvalue weighted by Gasteiger charge is 2.55. The standard InChI is InChI=1S/C15H25N5/c1-14(4-5-14)15(2,12-16)20-10-8-19(9-11-20)13-17-6-3-7-18-13/h3,6-7H,4-5,8-12,16H2,1-2H3. The van der Waals surface area contributed by atoms with Crippen molar-refractivity contribution < 1.29 is 0 Å². The zero-order valence-corrected chi connectivity index (χ0v) is 12.5. The molecule has 1 atom stereocenters. The zero-order chi connectivity index (χ0) is 14.2. The van der Waals surface area contributed by atoms with Gasteiger partial charge in [0.2, 0.25) is 5.95 Å². The third kappa shape index (κ3) is 2.19. The van der Waals surface area contributed by atoms with Crippen LogP contribution >= 0.6 is 0 Å². The summed E-state index contributed by atoms with van der Waals surface area (Å²) < 4.78 is 0. The predicted molar refractivity (Wildman–Crippen MR) is 80.6 cm³/mol. The molecule has 1 aliphatic heterocycles. The summed E-state index contributed by atoms with van der Waals surface area (Å²) in [6, 6.07) is 1.86. The second kappa shape index (κ2) is 4.97. The summed E-state index contributed by atoms with van der Waals surface area (Å²) in [6.07, 6.45) is 6.24. The summed E-state index contributed by atoms with van der Waals surface area (Å²) in [6.45, 7) is 9.51. The quantitative estimate of drug-likeness (QED) is 0.892. The molecule has 1 saturated heterocycles. The van der Waals surface area contributed by atoms with Gasteiger partial charge in [0, 0.05) is 50.7 Å². The molecule has 110 valence electrons. The zero-order valence-electron chi connectivity index (χ0n) is 12.5. The highest BCUT2D eigenvalue weighted by atomic mass is 15.3. The molecule has 3 rings (SSSR count). The molecule has 1 unspecified atom stereocenters. The summed E-state index contributed by atoms with van der Waals surface area (Å²) in [5.74, 6) is 0.847. The van der Waals surface area contributed by atoms with Crippen molar-refractivity contribution in [2.45, 2.75) is 32.2 Å². The highest BCUT2D eigenvalue weighted by Crippen LogP contribution is 2.55. The molecule has 5 nitrogen and oxygen atoms in total.